The first-order valence-corrected chi connectivity index (χ1v) is 8.01. The molecule has 0 radical (unpaired) electrons. The standard InChI is InChI=1S/C21H19NO/c1-2-8-17(9-3-1)16-23-15-14-22-20-12-6-4-10-18(20)19-11-5-7-13-21(19)22/h1-13H,14-16H2. The minimum Gasteiger partial charge on any atom is -0.375 e. The molecule has 0 atom stereocenters. The Morgan fingerprint density at radius 1 is 0.652 bits per heavy atom. The van der Waals surface area contributed by atoms with Gasteiger partial charge in [-0.25, -0.2) is 0 Å². The van der Waals surface area contributed by atoms with Crippen LogP contribution in [0.25, 0.3) is 21.8 Å². The summed E-state index contributed by atoms with van der Waals surface area (Å²) in [6, 6.07) is 27.5. The van der Waals surface area contributed by atoms with Gasteiger partial charge in [-0.15, -0.1) is 0 Å². The van der Waals surface area contributed by atoms with Crippen molar-refractivity contribution < 1.29 is 4.74 Å². The molecule has 0 saturated heterocycles. The van der Waals surface area contributed by atoms with Gasteiger partial charge in [0.2, 0.25) is 0 Å². The van der Waals surface area contributed by atoms with E-state index in [4.69, 9.17) is 4.74 Å². The highest BCUT2D eigenvalue weighted by Gasteiger charge is 2.08. The lowest BCUT2D eigenvalue weighted by Gasteiger charge is -2.08. The zero-order valence-electron chi connectivity index (χ0n) is 13.0. The lowest BCUT2D eigenvalue weighted by molar-refractivity contribution is 0.114. The van der Waals surface area contributed by atoms with Gasteiger partial charge in [-0.2, -0.15) is 0 Å². The summed E-state index contributed by atoms with van der Waals surface area (Å²) in [5.74, 6) is 0. The maximum absolute atomic E-state index is 5.87. The third-order valence-electron chi connectivity index (χ3n) is 4.25. The highest BCUT2D eigenvalue weighted by molar-refractivity contribution is 6.07. The van der Waals surface area contributed by atoms with Crippen LogP contribution < -0.4 is 0 Å². The first-order chi connectivity index (χ1) is 11.4. The Hall–Kier alpha value is -2.58. The van der Waals surface area contributed by atoms with E-state index in [1.165, 1.54) is 27.4 Å². The number of ether oxygens (including phenoxy) is 1. The Labute approximate surface area is 135 Å². The predicted octanol–water partition coefficient (Wildman–Crippen LogP) is 5.01. The summed E-state index contributed by atoms with van der Waals surface area (Å²) in [4.78, 5) is 0. The van der Waals surface area contributed by atoms with Gasteiger partial charge >= 0.3 is 0 Å². The number of benzene rings is 3. The molecule has 4 rings (SSSR count). The molecule has 0 saturated carbocycles. The maximum Gasteiger partial charge on any atom is 0.0717 e. The molecular formula is C21H19NO. The van der Waals surface area contributed by atoms with E-state index in [-0.39, 0.29) is 0 Å². The molecule has 0 fully saturated rings. The molecule has 0 aliphatic carbocycles. The average molecular weight is 301 g/mol. The van der Waals surface area contributed by atoms with Crippen molar-refractivity contribution >= 4 is 21.8 Å². The van der Waals surface area contributed by atoms with E-state index in [2.05, 4.69) is 65.2 Å². The van der Waals surface area contributed by atoms with Crippen LogP contribution in [0.5, 0.6) is 0 Å². The fourth-order valence-electron chi connectivity index (χ4n) is 3.16. The smallest absolute Gasteiger partial charge is 0.0717 e. The maximum atomic E-state index is 5.87. The van der Waals surface area contributed by atoms with Gasteiger partial charge in [0.15, 0.2) is 0 Å². The molecule has 0 bridgehead atoms. The van der Waals surface area contributed by atoms with Crippen molar-refractivity contribution in [2.24, 2.45) is 0 Å². The summed E-state index contributed by atoms with van der Waals surface area (Å²) in [7, 11) is 0. The number of fused-ring (bicyclic) bond motifs is 3. The van der Waals surface area contributed by atoms with E-state index >= 15 is 0 Å². The van der Waals surface area contributed by atoms with Crippen molar-refractivity contribution in [2.45, 2.75) is 13.2 Å². The summed E-state index contributed by atoms with van der Waals surface area (Å²) in [6.45, 7) is 2.23. The summed E-state index contributed by atoms with van der Waals surface area (Å²) in [5.41, 5.74) is 3.77. The number of aromatic nitrogens is 1. The first-order valence-electron chi connectivity index (χ1n) is 8.01. The van der Waals surface area contributed by atoms with E-state index in [0.29, 0.717) is 13.2 Å². The topological polar surface area (TPSA) is 14.2 Å². The molecule has 114 valence electrons. The molecule has 1 aromatic heterocycles. The van der Waals surface area contributed by atoms with Gasteiger partial charge in [0.05, 0.1) is 13.2 Å². The SMILES string of the molecule is c1ccc(COCCn2c3ccccc3c3ccccc32)cc1. The molecule has 23 heavy (non-hydrogen) atoms. The summed E-state index contributed by atoms with van der Waals surface area (Å²) in [5, 5.41) is 2.62. The van der Waals surface area contributed by atoms with E-state index in [9.17, 15) is 0 Å². The van der Waals surface area contributed by atoms with Gasteiger partial charge in [-0.05, 0) is 17.7 Å². The van der Waals surface area contributed by atoms with Crippen molar-refractivity contribution in [2.75, 3.05) is 6.61 Å². The molecule has 1 heterocycles. The van der Waals surface area contributed by atoms with Crippen molar-refractivity contribution in [3.05, 3.63) is 84.4 Å². The molecule has 0 spiro atoms. The van der Waals surface area contributed by atoms with Crippen LogP contribution in [-0.2, 0) is 17.9 Å². The second-order valence-electron chi connectivity index (χ2n) is 5.72. The van der Waals surface area contributed by atoms with Crippen LogP contribution in [0.4, 0.5) is 0 Å². The third-order valence-corrected chi connectivity index (χ3v) is 4.25. The number of nitrogens with zero attached hydrogens (tertiary/aromatic N) is 1. The monoisotopic (exact) mass is 301 g/mol. The lowest BCUT2D eigenvalue weighted by atomic mass is 10.2. The van der Waals surface area contributed by atoms with Crippen molar-refractivity contribution in [1.29, 1.82) is 0 Å². The molecule has 3 aromatic carbocycles. The third kappa shape index (κ3) is 2.73. The largest absolute Gasteiger partial charge is 0.375 e. The van der Waals surface area contributed by atoms with E-state index in [1.54, 1.807) is 0 Å². The quantitative estimate of drug-likeness (QED) is 0.473. The Kier molecular flexibility index (Phi) is 3.83. The van der Waals surface area contributed by atoms with Crippen LogP contribution in [0.2, 0.25) is 0 Å². The molecule has 0 aliphatic heterocycles. The molecule has 0 unspecified atom stereocenters. The molecule has 2 nitrogen and oxygen atoms in total. The van der Waals surface area contributed by atoms with E-state index in [0.717, 1.165) is 6.54 Å². The second kappa shape index (κ2) is 6.27. The van der Waals surface area contributed by atoms with Crippen LogP contribution in [0, 0.1) is 0 Å². The average Bonchev–Trinajstić information content (AvgIpc) is 2.94. The summed E-state index contributed by atoms with van der Waals surface area (Å²) >= 11 is 0. The minimum absolute atomic E-state index is 0.665. The molecule has 0 amide bonds. The summed E-state index contributed by atoms with van der Waals surface area (Å²) in [6.07, 6.45) is 0. The van der Waals surface area contributed by atoms with Gasteiger partial charge in [0.1, 0.15) is 0 Å². The predicted molar refractivity (Wildman–Crippen MR) is 95.5 cm³/mol. The fraction of sp³-hybridized carbons (Fsp3) is 0.143. The number of rotatable bonds is 5. The Bertz CT molecular complexity index is 871. The van der Waals surface area contributed by atoms with Crippen molar-refractivity contribution in [3.63, 3.8) is 0 Å². The number of para-hydroxylation sites is 2. The van der Waals surface area contributed by atoms with Crippen LogP contribution >= 0.6 is 0 Å². The second-order valence-corrected chi connectivity index (χ2v) is 5.72. The highest BCUT2D eigenvalue weighted by atomic mass is 16.5. The summed E-state index contributed by atoms with van der Waals surface area (Å²) < 4.78 is 8.23. The zero-order valence-corrected chi connectivity index (χ0v) is 13.0. The first kappa shape index (κ1) is 14.0. The highest BCUT2D eigenvalue weighted by Crippen LogP contribution is 2.28. The number of hydrogen-bond donors (Lipinski definition) is 0. The molecule has 0 N–H and O–H groups in total. The Balaban J connectivity index is 1.56. The zero-order chi connectivity index (χ0) is 15.5. The molecule has 4 aromatic rings. The van der Waals surface area contributed by atoms with Crippen LogP contribution in [0.3, 0.4) is 0 Å². The lowest BCUT2D eigenvalue weighted by Crippen LogP contribution is -2.05. The Morgan fingerprint density at radius 2 is 1.22 bits per heavy atom. The van der Waals surface area contributed by atoms with Gasteiger partial charge in [0.25, 0.3) is 0 Å². The van der Waals surface area contributed by atoms with Gasteiger partial charge in [0, 0.05) is 28.4 Å². The molecule has 0 aliphatic rings. The molecule has 2 heteroatoms. The van der Waals surface area contributed by atoms with Crippen LogP contribution in [0.15, 0.2) is 78.9 Å². The van der Waals surface area contributed by atoms with Crippen LogP contribution in [0.1, 0.15) is 5.56 Å². The van der Waals surface area contributed by atoms with Crippen molar-refractivity contribution in [1.82, 2.24) is 4.57 Å². The van der Waals surface area contributed by atoms with E-state index in [1.807, 2.05) is 18.2 Å². The minimum atomic E-state index is 0.665. The van der Waals surface area contributed by atoms with Crippen LogP contribution in [-0.4, -0.2) is 11.2 Å². The van der Waals surface area contributed by atoms with Gasteiger partial charge in [-0.1, -0.05) is 66.7 Å². The molecular weight excluding hydrogens is 282 g/mol. The normalized spacial score (nSPS) is 11.3. The van der Waals surface area contributed by atoms with Gasteiger partial charge in [-0.3, -0.25) is 0 Å². The Morgan fingerprint density at radius 3 is 1.87 bits per heavy atom. The van der Waals surface area contributed by atoms with Gasteiger partial charge < -0.3 is 9.30 Å². The van der Waals surface area contributed by atoms with E-state index < -0.39 is 0 Å². The fourth-order valence-corrected chi connectivity index (χ4v) is 3.16. The van der Waals surface area contributed by atoms with Crippen molar-refractivity contribution in [3.8, 4) is 0 Å². The number of hydrogen-bond acceptors (Lipinski definition) is 1.